The first-order valence-corrected chi connectivity index (χ1v) is 10.1. The largest absolute Gasteiger partial charge is 0.418 e. The molecule has 0 aliphatic carbocycles. The molecule has 0 radical (unpaired) electrons. The summed E-state index contributed by atoms with van der Waals surface area (Å²) in [5, 5.41) is 0. The maximum absolute atomic E-state index is 6.06. The topological polar surface area (TPSA) is 18.5 Å². The lowest BCUT2D eigenvalue weighted by Gasteiger charge is -2.16. The summed E-state index contributed by atoms with van der Waals surface area (Å²) >= 11 is 0. The third-order valence-corrected chi connectivity index (χ3v) is 6.21. The van der Waals surface area contributed by atoms with Crippen molar-refractivity contribution in [3.63, 3.8) is 0 Å². The molecule has 0 saturated carbocycles. The van der Waals surface area contributed by atoms with Crippen LogP contribution in [0.1, 0.15) is 65.2 Å². The minimum atomic E-state index is -0.931. The zero-order chi connectivity index (χ0) is 13.5. The highest BCUT2D eigenvalue weighted by Crippen LogP contribution is 2.14. The fraction of sp³-hybridized carbons (Fsp3) is 1.00. The molecule has 0 amide bonds. The first kappa shape index (κ1) is 18.1. The Kier molecular flexibility index (Phi) is 15.3. The fourth-order valence-electron chi connectivity index (χ4n) is 2.21. The average molecular weight is 275 g/mol. The Balaban J connectivity index is 3.62. The molecule has 0 aromatic carbocycles. The molecule has 0 aromatic heterocycles. The second-order valence-electron chi connectivity index (χ2n) is 5.18. The Morgan fingerprint density at radius 2 is 1.28 bits per heavy atom. The molecule has 18 heavy (non-hydrogen) atoms. The molecule has 0 spiro atoms. The SMILES string of the molecule is CCCCCC[SiH](CCCCCC)OCCOC. The third kappa shape index (κ3) is 12.6. The van der Waals surface area contributed by atoms with Gasteiger partial charge in [-0.05, 0) is 12.1 Å². The molecule has 0 aromatic rings. The van der Waals surface area contributed by atoms with Crippen molar-refractivity contribution in [2.45, 2.75) is 77.3 Å². The maximum atomic E-state index is 6.06. The van der Waals surface area contributed by atoms with Gasteiger partial charge in [-0.3, -0.25) is 0 Å². The Morgan fingerprint density at radius 1 is 0.722 bits per heavy atom. The van der Waals surface area contributed by atoms with Crippen LogP contribution in [0.2, 0.25) is 12.1 Å². The summed E-state index contributed by atoms with van der Waals surface area (Å²) in [6.07, 6.45) is 11.0. The number of hydrogen-bond acceptors (Lipinski definition) is 2. The molecule has 0 heterocycles. The van der Waals surface area contributed by atoms with E-state index in [1.165, 1.54) is 63.5 Å². The molecule has 0 fully saturated rings. The van der Waals surface area contributed by atoms with Crippen LogP contribution in [0.15, 0.2) is 0 Å². The summed E-state index contributed by atoms with van der Waals surface area (Å²) < 4.78 is 11.1. The minimum Gasteiger partial charge on any atom is -0.418 e. The van der Waals surface area contributed by atoms with Crippen LogP contribution in [-0.4, -0.2) is 29.4 Å². The quantitative estimate of drug-likeness (QED) is 0.342. The molecular formula is C15H34O2Si. The Hall–Kier alpha value is 0.137. The molecule has 3 heteroatoms. The van der Waals surface area contributed by atoms with E-state index in [9.17, 15) is 0 Å². The van der Waals surface area contributed by atoms with Crippen LogP contribution < -0.4 is 0 Å². The van der Waals surface area contributed by atoms with E-state index in [1.807, 2.05) is 0 Å². The highest BCUT2D eigenvalue weighted by Gasteiger charge is 2.11. The predicted molar refractivity (Wildman–Crippen MR) is 82.9 cm³/mol. The molecule has 110 valence electrons. The van der Waals surface area contributed by atoms with Crippen molar-refractivity contribution in [2.24, 2.45) is 0 Å². The van der Waals surface area contributed by atoms with Crippen LogP contribution in [0.3, 0.4) is 0 Å². The normalized spacial score (nSPS) is 11.3. The fourth-order valence-corrected chi connectivity index (χ4v) is 4.75. The Labute approximate surface area is 116 Å². The molecule has 0 unspecified atom stereocenters. The first-order chi connectivity index (χ1) is 8.85. The highest BCUT2D eigenvalue weighted by atomic mass is 28.3. The summed E-state index contributed by atoms with van der Waals surface area (Å²) in [5.41, 5.74) is 0. The maximum Gasteiger partial charge on any atom is 0.177 e. The predicted octanol–water partition coefficient (Wildman–Crippen LogP) is 4.53. The first-order valence-electron chi connectivity index (χ1n) is 7.95. The molecule has 0 atom stereocenters. The van der Waals surface area contributed by atoms with Gasteiger partial charge >= 0.3 is 0 Å². The number of hydrogen-bond donors (Lipinski definition) is 0. The van der Waals surface area contributed by atoms with Crippen molar-refractivity contribution in [3.8, 4) is 0 Å². The van der Waals surface area contributed by atoms with Gasteiger partial charge in [0.1, 0.15) is 0 Å². The summed E-state index contributed by atoms with van der Waals surface area (Å²) in [6, 6.07) is 2.74. The monoisotopic (exact) mass is 274 g/mol. The molecule has 0 aliphatic heterocycles. The molecule has 0 saturated heterocycles. The van der Waals surface area contributed by atoms with Gasteiger partial charge in [0.05, 0.1) is 13.2 Å². The van der Waals surface area contributed by atoms with Gasteiger partial charge in [-0.15, -0.1) is 0 Å². The van der Waals surface area contributed by atoms with Crippen LogP contribution in [0.4, 0.5) is 0 Å². The van der Waals surface area contributed by atoms with Crippen LogP contribution in [0.5, 0.6) is 0 Å². The van der Waals surface area contributed by atoms with Crippen molar-refractivity contribution in [1.29, 1.82) is 0 Å². The molecule has 0 rings (SSSR count). The van der Waals surface area contributed by atoms with Crippen molar-refractivity contribution < 1.29 is 9.16 Å². The highest BCUT2D eigenvalue weighted by molar-refractivity contribution is 6.51. The second kappa shape index (κ2) is 15.2. The molecule has 0 bridgehead atoms. The van der Waals surface area contributed by atoms with Gasteiger partial charge < -0.3 is 9.16 Å². The van der Waals surface area contributed by atoms with E-state index >= 15 is 0 Å². The van der Waals surface area contributed by atoms with Gasteiger partial charge in [-0.1, -0.05) is 65.2 Å². The van der Waals surface area contributed by atoms with Crippen LogP contribution in [0.25, 0.3) is 0 Å². The van der Waals surface area contributed by atoms with Crippen molar-refractivity contribution in [3.05, 3.63) is 0 Å². The van der Waals surface area contributed by atoms with Gasteiger partial charge in [0.25, 0.3) is 0 Å². The van der Waals surface area contributed by atoms with Gasteiger partial charge in [0, 0.05) is 7.11 Å². The number of methoxy groups -OCH3 is 1. The second-order valence-corrected chi connectivity index (χ2v) is 7.92. The van der Waals surface area contributed by atoms with Crippen LogP contribution >= 0.6 is 0 Å². The lowest BCUT2D eigenvalue weighted by Crippen LogP contribution is -2.20. The summed E-state index contributed by atoms with van der Waals surface area (Å²) in [4.78, 5) is 0. The zero-order valence-electron chi connectivity index (χ0n) is 12.9. The molecule has 2 nitrogen and oxygen atoms in total. The number of unbranched alkanes of at least 4 members (excludes halogenated alkanes) is 6. The minimum absolute atomic E-state index is 0.757. The molecule has 0 N–H and O–H groups in total. The van der Waals surface area contributed by atoms with Crippen molar-refractivity contribution in [1.82, 2.24) is 0 Å². The van der Waals surface area contributed by atoms with Gasteiger partial charge in [-0.2, -0.15) is 0 Å². The average Bonchev–Trinajstić information content (AvgIpc) is 2.39. The summed E-state index contributed by atoms with van der Waals surface area (Å²) in [7, 11) is 0.822. The van der Waals surface area contributed by atoms with Crippen molar-refractivity contribution in [2.75, 3.05) is 20.3 Å². The van der Waals surface area contributed by atoms with E-state index < -0.39 is 9.04 Å². The van der Waals surface area contributed by atoms with E-state index in [-0.39, 0.29) is 0 Å². The third-order valence-electron chi connectivity index (χ3n) is 3.40. The smallest absolute Gasteiger partial charge is 0.177 e. The lowest BCUT2D eigenvalue weighted by molar-refractivity contribution is 0.145. The van der Waals surface area contributed by atoms with Crippen LogP contribution in [0, 0.1) is 0 Å². The van der Waals surface area contributed by atoms with Gasteiger partial charge in [0.15, 0.2) is 9.04 Å². The van der Waals surface area contributed by atoms with Gasteiger partial charge in [0.2, 0.25) is 0 Å². The number of ether oxygens (including phenoxy) is 1. The summed E-state index contributed by atoms with van der Waals surface area (Å²) in [6.45, 7) is 6.12. The summed E-state index contributed by atoms with van der Waals surface area (Å²) in [5.74, 6) is 0. The van der Waals surface area contributed by atoms with E-state index in [2.05, 4.69) is 13.8 Å². The number of rotatable bonds is 14. The van der Waals surface area contributed by atoms with E-state index in [0.29, 0.717) is 0 Å². The van der Waals surface area contributed by atoms with Crippen LogP contribution in [-0.2, 0) is 9.16 Å². The molecular weight excluding hydrogens is 240 g/mol. The lowest BCUT2D eigenvalue weighted by atomic mass is 10.2. The van der Waals surface area contributed by atoms with E-state index in [4.69, 9.17) is 9.16 Å². The van der Waals surface area contributed by atoms with Gasteiger partial charge in [-0.25, -0.2) is 0 Å². The zero-order valence-corrected chi connectivity index (χ0v) is 14.0. The standard InChI is InChI=1S/C15H34O2Si/c1-4-6-8-10-14-18(17-13-12-16-3)15-11-9-7-5-2/h18H,4-15H2,1-3H3. The van der Waals surface area contributed by atoms with Crippen molar-refractivity contribution >= 4 is 9.04 Å². The Morgan fingerprint density at radius 3 is 1.72 bits per heavy atom. The van der Waals surface area contributed by atoms with E-state index in [0.717, 1.165) is 13.2 Å². The van der Waals surface area contributed by atoms with E-state index in [1.54, 1.807) is 7.11 Å². The Bertz CT molecular complexity index is 141. The molecule has 0 aliphatic rings.